The molecule has 0 spiro atoms. The fourth-order valence-electron chi connectivity index (χ4n) is 3.55. The highest BCUT2D eigenvalue weighted by atomic mass is 32.1. The number of benzene rings is 1. The molecule has 184 valence electrons. The number of thiazole rings is 1. The maximum Gasteiger partial charge on any atom is 0.341 e. The Morgan fingerprint density at radius 2 is 1.92 bits per heavy atom. The third-order valence-corrected chi connectivity index (χ3v) is 5.92. The number of nitrogens with one attached hydrogen (secondary N) is 2. The third kappa shape index (κ3) is 6.94. The largest absolute Gasteiger partial charge is 0.479 e. The van der Waals surface area contributed by atoms with Gasteiger partial charge in [0.25, 0.3) is 0 Å². The van der Waals surface area contributed by atoms with Gasteiger partial charge in [-0.2, -0.15) is 0 Å². The highest BCUT2D eigenvalue weighted by Gasteiger charge is 2.22. The van der Waals surface area contributed by atoms with Gasteiger partial charge in [0.1, 0.15) is 5.69 Å². The van der Waals surface area contributed by atoms with Crippen LogP contribution in [0.5, 0.6) is 5.88 Å². The minimum atomic E-state index is -1.14. The summed E-state index contributed by atoms with van der Waals surface area (Å²) in [6, 6.07) is 14.5. The Kier molecular flexibility index (Phi) is 8.32. The number of aliphatic carboxylic acids is 1. The van der Waals surface area contributed by atoms with E-state index in [4.69, 9.17) is 9.84 Å². The number of ether oxygens (including phenoxy) is 1. The predicted octanol–water partition coefficient (Wildman–Crippen LogP) is 3.71. The molecule has 1 atom stereocenters. The van der Waals surface area contributed by atoms with Crippen molar-refractivity contribution in [3.8, 4) is 17.0 Å². The molecule has 0 fully saturated rings. The molecule has 0 radical (unpaired) electrons. The van der Waals surface area contributed by atoms with Gasteiger partial charge in [-0.15, -0.1) is 11.3 Å². The predicted molar refractivity (Wildman–Crippen MR) is 137 cm³/mol. The van der Waals surface area contributed by atoms with E-state index < -0.39 is 18.6 Å². The first kappa shape index (κ1) is 25.0. The maximum absolute atomic E-state index is 13.5. The number of amides is 1. The smallest absolute Gasteiger partial charge is 0.341 e. The molecule has 1 amide bonds. The minimum Gasteiger partial charge on any atom is -0.479 e. The van der Waals surface area contributed by atoms with E-state index in [9.17, 15) is 9.59 Å². The zero-order chi connectivity index (χ0) is 25.3. The third-order valence-electron chi connectivity index (χ3n) is 5.28. The molecule has 0 bridgehead atoms. The number of carboxylic acid groups (broad SMARTS) is 1. The molecule has 4 rings (SSSR count). The summed E-state index contributed by atoms with van der Waals surface area (Å²) < 4.78 is 5.36. The topological polar surface area (TPSA) is 126 Å². The van der Waals surface area contributed by atoms with Crippen molar-refractivity contribution in [2.75, 3.05) is 11.9 Å². The Balaban J connectivity index is 1.60. The second-order valence-corrected chi connectivity index (χ2v) is 8.76. The molecular weight excluding hydrogens is 478 g/mol. The zero-order valence-corrected chi connectivity index (χ0v) is 20.4. The molecular formula is C26H25N5O4S. The summed E-state index contributed by atoms with van der Waals surface area (Å²) >= 11 is 1.49. The van der Waals surface area contributed by atoms with E-state index >= 15 is 0 Å². The van der Waals surface area contributed by atoms with Gasteiger partial charge >= 0.3 is 5.97 Å². The number of nitrogens with zero attached hydrogens (tertiary/aromatic N) is 3. The lowest BCUT2D eigenvalue weighted by atomic mass is 10.0. The lowest BCUT2D eigenvalue weighted by Crippen LogP contribution is -2.42. The quantitative estimate of drug-likeness (QED) is 0.283. The van der Waals surface area contributed by atoms with Crippen LogP contribution in [0.25, 0.3) is 11.1 Å². The number of carbonyl (C=O) groups excluding carboxylic acids is 1. The van der Waals surface area contributed by atoms with Gasteiger partial charge in [-0.1, -0.05) is 30.3 Å². The highest BCUT2D eigenvalue weighted by molar-refractivity contribution is 7.07. The van der Waals surface area contributed by atoms with Gasteiger partial charge in [-0.25, -0.2) is 14.8 Å². The van der Waals surface area contributed by atoms with Crippen molar-refractivity contribution in [3.63, 3.8) is 0 Å². The van der Waals surface area contributed by atoms with Crippen LogP contribution in [-0.4, -0.2) is 44.6 Å². The van der Waals surface area contributed by atoms with Crippen LogP contribution in [0.1, 0.15) is 17.0 Å². The summed E-state index contributed by atoms with van der Waals surface area (Å²) in [5, 5.41) is 17.2. The van der Waals surface area contributed by atoms with E-state index in [1.165, 1.54) is 11.3 Å². The van der Waals surface area contributed by atoms with Gasteiger partial charge in [0.2, 0.25) is 11.8 Å². The van der Waals surface area contributed by atoms with Crippen LogP contribution in [-0.2, 0) is 22.6 Å². The number of hydrogen-bond donors (Lipinski definition) is 3. The number of carbonyl (C=O) groups is 2. The molecule has 36 heavy (non-hydrogen) atoms. The Morgan fingerprint density at radius 3 is 2.64 bits per heavy atom. The molecule has 0 aliphatic heterocycles. The molecule has 0 saturated heterocycles. The molecule has 3 N–H and O–H groups in total. The summed E-state index contributed by atoms with van der Waals surface area (Å²) in [5.41, 5.74) is 6.28. The fraction of sp³-hybridized carbons (Fsp3) is 0.192. The molecule has 9 nitrogen and oxygen atoms in total. The molecule has 10 heteroatoms. The van der Waals surface area contributed by atoms with Crippen molar-refractivity contribution in [1.82, 2.24) is 20.3 Å². The summed E-state index contributed by atoms with van der Waals surface area (Å²) in [6.45, 7) is 1.72. The fourth-order valence-corrected chi connectivity index (χ4v) is 4.11. The standard InChI is InChI=1S/C26H25N5O4S/c1-17-9-19(7-8-27-17)20-11-23(26(29-12-20)35-14-24(32)33)31-25(34)22(10-18-5-3-2-4-6-18)28-13-21-15-36-16-30-21/h2-9,11-12,15-16,22,28H,10,13-14H2,1H3,(H,31,34)(H,32,33). The highest BCUT2D eigenvalue weighted by Crippen LogP contribution is 2.29. The summed E-state index contributed by atoms with van der Waals surface area (Å²) in [4.78, 5) is 37.3. The van der Waals surface area contributed by atoms with Crippen LogP contribution < -0.4 is 15.4 Å². The minimum absolute atomic E-state index is 0.0261. The number of pyridine rings is 2. The van der Waals surface area contributed by atoms with Crippen LogP contribution in [0, 0.1) is 6.92 Å². The first-order valence-corrected chi connectivity index (χ1v) is 12.1. The van der Waals surface area contributed by atoms with E-state index in [0.29, 0.717) is 13.0 Å². The van der Waals surface area contributed by atoms with Crippen molar-refractivity contribution in [1.29, 1.82) is 0 Å². The van der Waals surface area contributed by atoms with E-state index in [1.54, 1.807) is 24.0 Å². The molecule has 1 unspecified atom stereocenters. The molecule has 0 saturated carbocycles. The zero-order valence-electron chi connectivity index (χ0n) is 19.5. The van der Waals surface area contributed by atoms with E-state index in [-0.39, 0.29) is 17.5 Å². The van der Waals surface area contributed by atoms with Gasteiger partial charge in [-0.05, 0) is 42.7 Å². The second-order valence-electron chi connectivity index (χ2n) is 8.04. The van der Waals surface area contributed by atoms with Crippen molar-refractivity contribution >= 4 is 28.9 Å². The van der Waals surface area contributed by atoms with E-state index in [0.717, 1.165) is 28.1 Å². The Morgan fingerprint density at radius 1 is 1.08 bits per heavy atom. The lowest BCUT2D eigenvalue weighted by molar-refractivity contribution is -0.139. The molecule has 1 aromatic carbocycles. The Hall–Kier alpha value is -4.15. The van der Waals surface area contributed by atoms with Gasteiger partial charge in [0, 0.05) is 35.6 Å². The number of aryl methyl sites for hydroxylation is 1. The normalized spacial score (nSPS) is 11.6. The average Bonchev–Trinajstić information content (AvgIpc) is 3.40. The van der Waals surface area contributed by atoms with E-state index in [1.807, 2.05) is 54.8 Å². The first-order chi connectivity index (χ1) is 17.5. The monoisotopic (exact) mass is 503 g/mol. The average molecular weight is 504 g/mol. The van der Waals surface area contributed by atoms with Gasteiger partial charge < -0.3 is 15.2 Å². The van der Waals surface area contributed by atoms with Crippen LogP contribution in [0.4, 0.5) is 5.69 Å². The summed E-state index contributed by atoms with van der Waals surface area (Å²) in [7, 11) is 0. The number of rotatable bonds is 11. The molecule has 3 aromatic heterocycles. The number of anilines is 1. The van der Waals surface area contributed by atoms with Gasteiger partial charge in [0.15, 0.2) is 6.61 Å². The van der Waals surface area contributed by atoms with Gasteiger partial charge in [0.05, 0.1) is 17.2 Å². The Labute approximate surface area is 212 Å². The van der Waals surface area contributed by atoms with Crippen LogP contribution in [0.3, 0.4) is 0 Å². The SMILES string of the molecule is Cc1cc(-c2cnc(OCC(=O)O)c(NC(=O)C(Cc3ccccc3)NCc3cscn3)c2)ccn1. The number of hydrogen-bond acceptors (Lipinski definition) is 8. The van der Waals surface area contributed by atoms with Crippen LogP contribution in [0.2, 0.25) is 0 Å². The van der Waals surface area contributed by atoms with Crippen molar-refractivity contribution in [2.45, 2.75) is 25.9 Å². The Bertz CT molecular complexity index is 1320. The van der Waals surface area contributed by atoms with Crippen molar-refractivity contribution in [3.05, 3.63) is 88.8 Å². The summed E-state index contributed by atoms with van der Waals surface area (Å²) in [5.74, 6) is -1.42. The van der Waals surface area contributed by atoms with Crippen LogP contribution >= 0.6 is 11.3 Å². The number of carboxylic acids is 1. The van der Waals surface area contributed by atoms with E-state index in [2.05, 4.69) is 25.6 Å². The van der Waals surface area contributed by atoms with Crippen molar-refractivity contribution in [2.24, 2.45) is 0 Å². The first-order valence-electron chi connectivity index (χ1n) is 11.2. The number of aromatic nitrogens is 3. The van der Waals surface area contributed by atoms with Crippen molar-refractivity contribution < 1.29 is 19.4 Å². The molecule has 4 aromatic rings. The van der Waals surface area contributed by atoms with Gasteiger partial charge in [-0.3, -0.25) is 15.1 Å². The molecule has 3 heterocycles. The second kappa shape index (κ2) is 12.0. The molecule has 0 aliphatic carbocycles. The lowest BCUT2D eigenvalue weighted by Gasteiger charge is -2.19. The summed E-state index contributed by atoms with van der Waals surface area (Å²) in [6.07, 6.45) is 3.71. The van der Waals surface area contributed by atoms with Crippen LogP contribution in [0.15, 0.2) is 71.8 Å². The maximum atomic E-state index is 13.5. The molecule has 0 aliphatic rings.